The van der Waals surface area contributed by atoms with Gasteiger partial charge in [-0.05, 0) is 57.7 Å². The lowest BCUT2D eigenvalue weighted by atomic mass is 10.0. The van der Waals surface area contributed by atoms with Crippen LogP contribution in [0.4, 0.5) is 13.2 Å². The molecule has 0 aliphatic rings. The van der Waals surface area contributed by atoms with E-state index in [1.807, 2.05) is 6.07 Å². The third-order valence-electron chi connectivity index (χ3n) is 2.74. The first-order valence-electron chi connectivity index (χ1n) is 5.80. The third kappa shape index (κ3) is 3.82. The molecular formula is C14H10Br2F3N. The Balaban J connectivity index is 2.36. The minimum Gasteiger partial charge on any atom is -0.246 e. The molecule has 0 atom stereocenters. The summed E-state index contributed by atoms with van der Waals surface area (Å²) in [4.78, 5) is 4.31. The van der Waals surface area contributed by atoms with Crippen LogP contribution in [0, 0.1) is 0 Å². The van der Waals surface area contributed by atoms with E-state index < -0.39 is 11.7 Å². The van der Waals surface area contributed by atoms with E-state index in [2.05, 4.69) is 36.8 Å². The van der Waals surface area contributed by atoms with Gasteiger partial charge >= 0.3 is 6.18 Å². The standard InChI is InChI=1S/C14H10Br2F3N/c15-6-5-12-7-10(8-13(16)20-12)9-1-3-11(4-2-9)14(17,18)19/h1-4,7-8H,5-6H2. The molecule has 1 aromatic heterocycles. The molecule has 6 heteroatoms. The van der Waals surface area contributed by atoms with Crippen LogP contribution in [0.25, 0.3) is 11.1 Å². The third-order valence-corrected chi connectivity index (χ3v) is 3.55. The highest BCUT2D eigenvalue weighted by molar-refractivity contribution is 9.10. The molecular weight excluding hydrogens is 399 g/mol. The molecule has 1 aromatic carbocycles. The Kier molecular flexibility index (Phi) is 4.86. The van der Waals surface area contributed by atoms with Crippen molar-refractivity contribution in [2.24, 2.45) is 0 Å². The number of nitrogens with zero attached hydrogens (tertiary/aromatic N) is 1. The number of hydrogen-bond acceptors (Lipinski definition) is 1. The molecule has 0 saturated heterocycles. The molecule has 0 amide bonds. The van der Waals surface area contributed by atoms with Crippen LogP contribution in [0.1, 0.15) is 11.3 Å². The van der Waals surface area contributed by atoms with Crippen LogP contribution in [0.3, 0.4) is 0 Å². The lowest BCUT2D eigenvalue weighted by Crippen LogP contribution is -2.04. The van der Waals surface area contributed by atoms with Crippen molar-refractivity contribution in [3.8, 4) is 11.1 Å². The highest BCUT2D eigenvalue weighted by Gasteiger charge is 2.29. The van der Waals surface area contributed by atoms with E-state index in [1.54, 1.807) is 6.07 Å². The van der Waals surface area contributed by atoms with Crippen LogP contribution in [0.15, 0.2) is 41.0 Å². The summed E-state index contributed by atoms with van der Waals surface area (Å²) < 4.78 is 38.3. The largest absolute Gasteiger partial charge is 0.416 e. The molecule has 0 radical (unpaired) electrons. The van der Waals surface area contributed by atoms with E-state index in [0.29, 0.717) is 4.60 Å². The van der Waals surface area contributed by atoms with Crippen LogP contribution >= 0.6 is 31.9 Å². The number of hydrogen-bond donors (Lipinski definition) is 0. The number of aryl methyl sites for hydroxylation is 1. The lowest BCUT2D eigenvalue weighted by Gasteiger charge is -2.09. The van der Waals surface area contributed by atoms with Gasteiger partial charge in [0.2, 0.25) is 0 Å². The van der Waals surface area contributed by atoms with Crippen molar-refractivity contribution < 1.29 is 13.2 Å². The van der Waals surface area contributed by atoms with Crippen molar-refractivity contribution in [1.82, 2.24) is 4.98 Å². The number of aromatic nitrogens is 1. The smallest absolute Gasteiger partial charge is 0.246 e. The van der Waals surface area contributed by atoms with Gasteiger partial charge in [0, 0.05) is 11.0 Å². The molecule has 0 spiro atoms. The Bertz CT molecular complexity index is 594. The normalized spacial score (nSPS) is 11.7. The minimum atomic E-state index is -4.31. The van der Waals surface area contributed by atoms with E-state index >= 15 is 0 Å². The summed E-state index contributed by atoms with van der Waals surface area (Å²) in [5.74, 6) is 0. The first-order valence-corrected chi connectivity index (χ1v) is 7.71. The molecule has 2 aromatic rings. The van der Waals surface area contributed by atoms with Crippen molar-refractivity contribution >= 4 is 31.9 Å². The molecule has 0 unspecified atom stereocenters. The predicted molar refractivity (Wildman–Crippen MR) is 79.9 cm³/mol. The fourth-order valence-corrected chi connectivity index (χ4v) is 2.68. The first kappa shape index (κ1) is 15.5. The molecule has 0 fully saturated rings. The molecule has 20 heavy (non-hydrogen) atoms. The van der Waals surface area contributed by atoms with Gasteiger partial charge in [-0.3, -0.25) is 0 Å². The average Bonchev–Trinajstić information content (AvgIpc) is 2.37. The fraction of sp³-hybridized carbons (Fsp3) is 0.214. The van der Waals surface area contributed by atoms with Gasteiger partial charge in [0.25, 0.3) is 0 Å². The maximum absolute atomic E-state index is 12.5. The quantitative estimate of drug-likeness (QED) is 0.484. The Morgan fingerprint density at radius 2 is 1.65 bits per heavy atom. The summed E-state index contributed by atoms with van der Waals surface area (Å²) in [6, 6.07) is 8.81. The van der Waals surface area contributed by atoms with Gasteiger partial charge in [0.1, 0.15) is 4.60 Å². The van der Waals surface area contributed by atoms with Crippen molar-refractivity contribution in [1.29, 1.82) is 0 Å². The molecule has 2 rings (SSSR count). The maximum atomic E-state index is 12.5. The van der Waals surface area contributed by atoms with Gasteiger partial charge in [-0.2, -0.15) is 13.2 Å². The Hall–Kier alpha value is -0.880. The zero-order chi connectivity index (χ0) is 14.8. The van der Waals surface area contributed by atoms with Crippen LogP contribution in [0.2, 0.25) is 0 Å². The Morgan fingerprint density at radius 1 is 1.00 bits per heavy atom. The van der Waals surface area contributed by atoms with Gasteiger partial charge in [0.05, 0.1) is 5.56 Å². The highest BCUT2D eigenvalue weighted by atomic mass is 79.9. The summed E-state index contributed by atoms with van der Waals surface area (Å²) in [6.07, 6.45) is -3.55. The average molecular weight is 409 g/mol. The molecule has 0 saturated carbocycles. The van der Waals surface area contributed by atoms with E-state index in [0.717, 1.165) is 40.7 Å². The van der Waals surface area contributed by atoms with Crippen LogP contribution in [-0.2, 0) is 12.6 Å². The molecule has 0 aliphatic heterocycles. The fourth-order valence-electron chi connectivity index (χ4n) is 1.79. The summed E-state index contributed by atoms with van der Waals surface area (Å²) in [7, 11) is 0. The molecule has 106 valence electrons. The van der Waals surface area contributed by atoms with Gasteiger partial charge in [-0.25, -0.2) is 4.98 Å². The molecule has 0 N–H and O–H groups in total. The van der Waals surface area contributed by atoms with E-state index in [4.69, 9.17) is 0 Å². The second-order valence-corrected chi connectivity index (χ2v) is 5.79. The number of alkyl halides is 4. The van der Waals surface area contributed by atoms with Gasteiger partial charge < -0.3 is 0 Å². The van der Waals surface area contributed by atoms with Crippen LogP contribution < -0.4 is 0 Å². The lowest BCUT2D eigenvalue weighted by molar-refractivity contribution is -0.137. The highest BCUT2D eigenvalue weighted by Crippen LogP contribution is 2.31. The number of benzene rings is 1. The van der Waals surface area contributed by atoms with Crippen molar-refractivity contribution in [2.45, 2.75) is 12.6 Å². The van der Waals surface area contributed by atoms with E-state index in [9.17, 15) is 13.2 Å². The topological polar surface area (TPSA) is 12.9 Å². The SMILES string of the molecule is FC(F)(F)c1ccc(-c2cc(Br)nc(CCBr)c2)cc1. The zero-order valence-electron chi connectivity index (χ0n) is 10.2. The summed E-state index contributed by atoms with van der Waals surface area (Å²) in [5.41, 5.74) is 1.81. The van der Waals surface area contributed by atoms with Crippen molar-refractivity contribution in [3.63, 3.8) is 0 Å². The molecule has 0 aliphatic carbocycles. The molecule has 1 nitrogen and oxygen atoms in total. The van der Waals surface area contributed by atoms with E-state index in [1.165, 1.54) is 12.1 Å². The first-order chi connectivity index (χ1) is 9.40. The second-order valence-electron chi connectivity index (χ2n) is 4.18. The molecule has 0 bridgehead atoms. The van der Waals surface area contributed by atoms with Crippen molar-refractivity contribution in [3.05, 3.63) is 52.3 Å². The number of rotatable bonds is 3. The Morgan fingerprint density at radius 3 is 2.20 bits per heavy atom. The van der Waals surface area contributed by atoms with Gasteiger partial charge in [0.15, 0.2) is 0 Å². The van der Waals surface area contributed by atoms with E-state index in [-0.39, 0.29) is 0 Å². The van der Waals surface area contributed by atoms with Crippen LogP contribution in [0.5, 0.6) is 0 Å². The summed E-state index contributed by atoms with van der Waals surface area (Å²) >= 11 is 6.66. The number of halogens is 5. The minimum absolute atomic E-state index is 0.643. The maximum Gasteiger partial charge on any atom is 0.416 e. The molecule has 1 heterocycles. The van der Waals surface area contributed by atoms with Gasteiger partial charge in [-0.15, -0.1) is 0 Å². The summed E-state index contributed by atoms with van der Waals surface area (Å²) in [6.45, 7) is 0. The van der Waals surface area contributed by atoms with Gasteiger partial charge in [-0.1, -0.05) is 28.1 Å². The predicted octanol–water partition coefficient (Wildman–Crippen LogP) is 5.47. The monoisotopic (exact) mass is 407 g/mol. The zero-order valence-corrected chi connectivity index (χ0v) is 13.4. The van der Waals surface area contributed by atoms with Crippen molar-refractivity contribution in [2.75, 3.05) is 5.33 Å². The second kappa shape index (κ2) is 6.26. The van der Waals surface area contributed by atoms with Crippen LogP contribution in [-0.4, -0.2) is 10.3 Å². The number of pyridine rings is 1. The Labute approximate surface area is 131 Å². The summed E-state index contributed by atoms with van der Waals surface area (Å²) in [5, 5.41) is 0.781.